The van der Waals surface area contributed by atoms with Crippen LogP contribution in [0.25, 0.3) is 0 Å². The van der Waals surface area contributed by atoms with Crippen molar-refractivity contribution < 1.29 is 14.3 Å². The Morgan fingerprint density at radius 3 is 2.31 bits per heavy atom. The number of anilines is 1. The van der Waals surface area contributed by atoms with Crippen LogP contribution in [-0.2, 0) is 9.53 Å². The highest BCUT2D eigenvalue weighted by atomic mass is 16.6. The van der Waals surface area contributed by atoms with Gasteiger partial charge < -0.3 is 19.9 Å². The molecule has 1 atom stereocenters. The molecule has 0 aliphatic carbocycles. The van der Waals surface area contributed by atoms with E-state index in [1.807, 2.05) is 36.9 Å². The molecular weight excluding hydrogens is 332 g/mol. The second-order valence-corrected chi connectivity index (χ2v) is 7.87. The van der Waals surface area contributed by atoms with Gasteiger partial charge in [0.15, 0.2) is 0 Å². The number of pyridine rings is 1. The third kappa shape index (κ3) is 5.61. The van der Waals surface area contributed by atoms with Gasteiger partial charge in [-0.05, 0) is 38.8 Å². The Kier molecular flexibility index (Phi) is 6.45. The predicted octanol–water partition coefficient (Wildman–Crippen LogP) is 2.28. The minimum Gasteiger partial charge on any atom is -0.444 e. The highest BCUT2D eigenvalue weighted by Gasteiger charge is 2.32. The van der Waals surface area contributed by atoms with Crippen LogP contribution in [0.1, 0.15) is 34.6 Å². The van der Waals surface area contributed by atoms with Crippen LogP contribution in [0.15, 0.2) is 24.4 Å². The topological polar surface area (TPSA) is 74.8 Å². The molecule has 2 heterocycles. The molecule has 7 nitrogen and oxygen atoms in total. The van der Waals surface area contributed by atoms with E-state index in [-0.39, 0.29) is 11.8 Å². The maximum Gasteiger partial charge on any atom is 0.408 e. The molecule has 0 radical (unpaired) electrons. The van der Waals surface area contributed by atoms with Crippen molar-refractivity contribution >= 4 is 17.8 Å². The predicted molar refractivity (Wildman–Crippen MR) is 101 cm³/mol. The van der Waals surface area contributed by atoms with Crippen molar-refractivity contribution in [2.24, 2.45) is 5.92 Å². The zero-order valence-electron chi connectivity index (χ0n) is 16.4. The molecule has 0 bridgehead atoms. The number of nitrogens with zero attached hydrogens (tertiary/aromatic N) is 3. The number of piperazine rings is 1. The molecule has 0 spiro atoms. The maximum absolute atomic E-state index is 12.9. The van der Waals surface area contributed by atoms with Crippen LogP contribution < -0.4 is 10.2 Å². The number of carbonyl (C=O) groups excluding carboxylic acids is 2. The van der Waals surface area contributed by atoms with Crippen molar-refractivity contribution in [1.29, 1.82) is 0 Å². The molecule has 144 valence electrons. The summed E-state index contributed by atoms with van der Waals surface area (Å²) in [5.41, 5.74) is -0.594. The number of amides is 2. The van der Waals surface area contributed by atoms with Gasteiger partial charge in [-0.25, -0.2) is 9.78 Å². The van der Waals surface area contributed by atoms with Crippen LogP contribution in [0.3, 0.4) is 0 Å². The minimum absolute atomic E-state index is 0.0242. The van der Waals surface area contributed by atoms with Crippen LogP contribution in [0.2, 0.25) is 0 Å². The molecule has 1 aromatic rings. The first-order valence-corrected chi connectivity index (χ1v) is 9.11. The Morgan fingerprint density at radius 1 is 1.15 bits per heavy atom. The van der Waals surface area contributed by atoms with Crippen molar-refractivity contribution in [2.45, 2.75) is 46.3 Å². The lowest BCUT2D eigenvalue weighted by molar-refractivity contribution is -0.134. The van der Waals surface area contributed by atoms with Crippen molar-refractivity contribution in [1.82, 2.24) is 15.2 Å². The fraction of sp³-hybridized carbons (Fsp3) is 0.632. The molecule has 26 heavy (non-hydrogen) atoms. The normalized spacial score (nSPS) is 16.4. The van der Waals surface area contributed by atoms with E-state index >= 15 is 0 Å². The zero-order valence-corrected chi connectivity index (χ0v) is 16.4. The molecule has 7 heteroatoms. The fourth-order valence-corrected chi connectivity index (χ4v) is 2.84. The molecule has 2 amide bonds. The Morgan fingerprint density at radius 2 is 1.81 bits per heavy atom. The number of hydrogen-bond donors (Lipinski definition) is 1. The number of carbonyl (C=O) groups is 2. The van der Waals surface area contributed by atoms with Gasteiger partial charge in [0, 0.05) is 32.4 Å². The third-order valence-corrected chi connectivity index (χ3v) is 4.17. The Balaban J connectivity index is 1.94. The summed E-state index contributed by atoms with van der Waals surface area (Å²) in [5, 5.41) is 2.73. The smallest absolute Gasteiger partial charge is 0.408 e. The average Bonchev–Trinajstić information content (AvgIpc) is 2.58. The molecule has 0 aromatic carbocycles. The van der Waals surface area contributed by atoms with Gasteiger partial charge in [-0.2, -0.15) is 0 Å². The Hall–Kier alpha value is -2.31. The first kappa shape index (κ1) is 20.0. The van der Waals surface area contributed by atoms with Crippen LogP contribution in [0.4, 0.5) is 10.6 Å². The van der Waals surface area contributed by atoms with Crippen molar-refractivity contribution in [3.8, 4) is 0 Å². The Labute approximate surface area is 155 Å². The number of nitrogens with one attached hydrogen (secondary N) is 1. The molecular formula is C19H30N4O3. The summed E-state index contributed by atoms with van der Waals surface area (Å²) in [6.07, 6.45) is 1.21. The van der Waals surface area contributed by atoms with E-state index in [0.29, 0.717) is 13.1 Å². The fourth-order valence-electron chi connectivity index (χ4n) is 2.84. The van der Waals surface area contributed by atoms with E-state index in [0.717, 1.165) is 18.9 Å². The first-order valence-electron chi connectivity index (χ1n) is 9.11. The first-order chi connectivity index (χ1) is 12.2. The average molecular weight is 362 g/mol. The summed E-state index contributed by atoms with van der Waals surface area (Å²) in [6.45, 7) is 11.9. The van der Waals surface area contributed by atoms with E-state index in [1.165, 1.54) is 0 Å². The number of alkyl carbamates (subject to hydrolysis) is 1. The molecule has 1 aromatic heterocycles. The lowest BCUT2D eigenvalue weighted by Gasteiger charge is -2.37. The molecule has 1 saturated heterocycles. The van der Waals surface area contributed by atoms with Gasteiger partial charge in [-0.3, -0.25) is 4.79 Å². The van der Waals surface area contributed by atoms with E-state index in [9.17, 15) is 9.59 Å². The van der Waals surface area contributed by atoms with Gasteiger partial charge >= 0.3 is 6.09 Å². The third-order valence-electron chi connectivity index (χ3n) is 4.17. The maximum atomic E-state index is 12.9. The van der Waals surface area contributed by atoms with Gasteiger partial charge in [0.2, 0.25) is 5.91 Å². The van der Waals surface area contributed by atoms with E-state index < -0.39 is 17.7 Å². The van der Waals surface area contributed by atoms with Gasteiger partial charge in [0.25, 0.3) is 0 Å². The Bertz CT molecular complexity index is 605. The van der Waals surface area contributed by atoms with Crippen molar-refractivity contribution in [3.05, 3.63) is 24.4 Å². The quantitative estimate of drug-likeness (QED) is 0.889. The standard InChI is InChI=1S/C19H30N4O3/c1-14(2)16(21-18(25)26-19(3,4)5)17(24)23-12-10-22(11-13-23)15-8-6-7-9-20-15/h6-9,14,16H,10-13H2,1-5H3,(H,21,25)/t16-/m0/s1. The van der Waals surface area contributed by atoms with Gasteiger partial charge in [-0.15, -0.1) is 0 Å². The van der Waals surface area contributed by atoms with E-state index in [1.54, 1.807) is 27.0 Å². The summed E-state index contributed by atoms with van der Waals surface area (Å²) in [4.78, 5) is 33.3. The van der Waals surface area contributed by atoms with E-state index in [4.69, 9.17) is 4.74 Å². The largest absolute Gasteiger partial charge is 0.444 e. The number of rotatable bonds is 4. The second kappa shape index (κ2) is 8.38. The molecule has 0 unspecified atom stereocenters. The minimum atomic E-state index is -0.594. The van der Waals surface area contributed by atoms with Crippen LogP contribution in [-0.4, -0.2) is 59.7 Å². The van der Waals surface area contributed by atoms with Crippen LogP contribution in [0.5, 0.6) is 0 Å². The zero-order chi connectivity index (χ0) is 19.3. The summed E-state index contributed by atoms with van der Waals surface area (Å²) in [6, 6.07) is 5.22. The van der Waals surface area contributed by atoms with Crippen LogP contribution in [0, 0.1) is 5.92 Å². The molecule has 1 aliphatic heterocycles. The molecule has 1 fully saturated rings. The molecule has 0 saturated carbocycles. The SMILES string of the molecule is CC(C)[C@H](NC(=O)OC(C)(C)C)C(=O)N1CCN(c2ccccn2)CC1. The van der Waals surface area contributed by atoms with Gasteiger partial charge in [-0.1, -0.05) is 19.9 Å². The van der Waals surface area contributed by atoms with Crippen LogP contribution >= 0.6 is 0 Å². The lowest BCUT2D eigenvalue weighted by Crippen LogP contribution is -2.57. The highest BCUT2D eigenvalue weighted by Crippen LogP contribution is 2.15. The van der Waals surface area contributed by atoms with Crippen molar-refractivity contribution in [3.63, 3.8) is 0 Å². The van der Waals surface area contributed by atoms with Crippen molar-refractivity contribution in [2.75, 3.05) is 31.1 Å². The molecule has 1 N–H and O–H groups in total. The highest BCUT2D eigenvalue weighted by molar-refractivity contribution is 5.86. The summed E-state index contributed by atoms with van der Waals surface area (Å²) in [5.74, 6) is 0.835. The second-order valence-electron chi connectivity index (χ2n) is 7.87. The van der Waals surface area contributed by atoms with Gasteiger partial charge in [0.1, 0.15) is 17.5 Å². The number of aromatic nitrogens is 1. The van der Waals surface area contributed by atoms with Gasteiger partial charge in [0.05, 0.1) is 0 Å². The molecule has 2 rings (SSSR count). The molecule has 1 aliphatic rings. The summed E-state index contributed by atoms with van der Waals surface area (Å²) < 4.78 is 5.29. The number of hydrogen-bond acceptors (Lipinski definition) is 5. The summed E-state index contributed by atoms with van der Waals surface area (Å²) >= 11 is 0. The number of ether oxygens (including phenoxy) is 1. The lowest BCUT2D eigenvalue weighted by atomic mass is 10.0. The monoisotopic (exact) mass is 362 g/mol. The van der Waals surface area contributed by atoms with E-state index in [2.05, 4.69) is 15.2 Å². The summed E-state index contributed by atoms with van der Waals surface area (Å²) in [7, 11) is 0.